The van der Waals surface area contributed by atoms with E-state index in [-0.39, 0.29) is 11.7 Å². The van der Waals surface area contributed by atoms with Crippen molar-refractivity contribution in [3.63, 3.8) is 0 Å². The molecule has 1 unspecified atom stereocenters. The van der Waals surface area contributed by atoms with Gasteiger partial charge in [0, 0.05) is 12.2 Å². The summed E-state index contributed by atoms with van der Waals surface area (Å²) >= 11 is 0. The highest BCUT2D eigenvalue weighted by Gasteiger charge is 2.10. The van der Waals surface area contributed by atoms with Gasteiger partial charge in [-0.2, -0.15) is 5.10 Å². The summed E-state index contributed by atoms with van der Waals surface area (Å²) in [7, 11) is 0. The monoisotopic (exact) mass is 258 g/mol. The predicted octanol–water partition coefficient (Wildman–Crippen LogP) is 1.25. The topological polar surface area (TPSA) is 86.9 Å². The highest BCUT2D eigenvalue weighted by Crippen LogP contribution is 2.16. The Morgan fingerprint density at radius 3 is 2.74 bits per heavy atom. The molecule has 0 aliphatic heterocycles. The lowest BCUT2D eigenvalue weighted by atomic mass is 10.0. The van der Waals surface area contributed by atoms with Gasteiger partial charge >= 0.3 is 0 Å². The molecule has 1 aromatic heterocycles. The molecular formula is C14H18N4O. The Morgan fingerprint density at radius 2 is 2.11 bits per heavy atom. The minimum Gasteiger partial charge on any atom is -0.364 e. The maximum atomic E-state index is 11.1. The molecule has 0 spiro atoms. The van der Waals surface area contributed by atoms with E-state index in [1.165, 1.54) is 0 Å². The van der Waals surface area contributed by atoms with Crippen LogP contribution in [0.5, 0.6) is 0 Å². The molecule has 5 nitrogen and oxygen atoms in total. The van der Waals surface area contributed by atoms with Crippen LogP contribution in [0.25, 0.3) is 5.69 Å². The lowest BCUT2D eigenvalue weighted by Crippen LogP contribution is -2.22. The Morgan fingerprint density at radius 1 is 1.37 bits per heavy atom. The van der Waals surface area contributed by atoms with Gasteiger partial charge < -0.3 is 11.5 Å². The number of hydrogen-bond acceptors (Lipinski definition) is 3. The second kappa shape index (κ2) is 5.67. The number of carbonyl (C=O) groups is 1. The van der Waals surface area contributed by atoms with Gasteiger partial charge in [-0.05, 0) is 30.5 Å². The number of amides is 1. The minimum atomic E-state index is -0.526. The van der Waals surface area contributed by atoms with Crippen LogP contribution in [-0.2, 0) is 6.42 Å². The first-order valence-electron chi connectivity index (χ1n) is 6.31. The van der Waals surface area contributed by atoms with Crippen molar-refractivity contribution < 1.29 is 4.79 Å². The van der Waals surface area contributed by atoms with Crippen molar-refractivity contribution in [2.75, 3.05) is 0 Å². The van der Waals surface area contributed by atoms with E-state index in [9.17, 15) is 4.79 Å². The minimum absolute atomic E-state index is 0.118. The van der Waals surface area contributed by atoms with Crippen LogP contribution < -0.4 is 11.5 Å². The predicted molar refractivity (Wildman–Crippen MR) is 74.1 cm³/mol. The lowest BCUT2D eigenvalue weighted by Gasteiger charge is -2.13. The molecule has 4 N–H and O–H groups in total. The fourth-order valence-corrected chi connectivity index (χ4v) is 1.92. The molecule has 0 fully saturated rings. The first-order chi connectivity index (χ1) is 9.11. The number of nitrogens with zero attached hydrogens (tertiary/aromatic N) is 2. The van der Waals surface area contributed by atoms with E-state index >= 15 is 0 Å². The van der Waals surface area contributed by atoms with Crippen LogP contribution in [-0.4, -0.2) is 21.7 Å². The smallest absolute Gasteiger partial charge is 0.269 e. The molecular weight excluding hydrogens is 240 g/mol. The molecule has 0 radical (unpaired) electrons. The number of carbonyl (C=O) groups excluding carboxylic acids is 1. The largest absolute Gasteiger partial charge is 0.364 e. The molecule has 1 heterocycles. The van der Waals surface area contributed by atoms with Gasteiger partial charge in [0.2, 0.25) is 0 Å². The second-order valence-electron chi connectivity index (χ2n) is 4.51. The molecule has 19 heavy (non-hydrogen) atoms. The van der Waals surface area contributed by atoms with Gasteiger partial charge in [-0.15, -0.1) is 0 Å². The number of aromatic nitrogens is 2. The highest BCUT2D eigenvalue weighted by atomic mass is 16.1. The molecule has 0 saturated carbocycles. The van der Waals surface area contributed by atoms with E-state index in [2.05, 4.69) is 12.0 Å². The molecule has 1 atom stereocenters. The van der Waals surface area contributed by atoms with Gasteiger partial charge in [0.05, 0.1) is 5.69 Å². The first kappa shape index (κ1) is 13.3. The van der Waals surface area contributed by atoms with E-state index in [0.29, 0.717) is 0 Å². The maximum absolute atomic E-state index is 11.1. The molecule has 0 aliphatic carbocycles. The fraction of sp³-hybridized carbons (Fsp3) is 0.286. The number of benzene rings is 1. The third-order valence-corrected chi connectivity index (χ3v) is 3.09. The summed E-state index contributed by atoms with van der Waals surface area (Å²) in [6.45, 7) is 2.06. The Hall–Kier alpha value is -2.14. The summed E-state index contributed by atoms with van der Waals surface area (Å²) in [6, 6.07) is 9.61. The van der Waals surface area contributed by atoms with Crippen LogP contribution in [0.4, 0.5) is 0 Å². The van der Waals surface area contributed by atoms with E-state index in [4.69, 9.17) is 11.5 Å². The zero-order valence-electron chi connectivity index (χ0n) is 10.9. The number of rotatable bonds is 5. The van der Waals surface area contributed by atoms with Crippen molar-refractivity contribution in [1.82, 2.24) is 9.78 Å². The quantitative estimate of drug-likeness (QED) is 0.846. The number of hydrogen-bond donors (Lipinski definition) is 2. The van der Waals surface area contributed by atoms with Gasteiger partial charge in [0.1, 0.15) is 5.69 Å². The van der Waals surface area contributed by atoms with Gasteiger partial charge in [0.25, 0.3) is 5.91 Å². The van der Waals surface area contributed by atoms with Crippen LogP contribution in [0.1, 0.15) is 29.4 Å². The standard InChI is InChI=1S/C14H18N4O/c1-2-11(15)9-10-5-3-4-6-13(10)18-8-7-12(17-18)14(16)19/h3-8,11H,2,9,15H2,1H3,(H2,16,19). The van der Waals surface area contributed by atoms with Crippen molar-refractivity contribution in [2.24, 2.45) is 11.5 Å². The molecule has 0 saturated heterocycles. The Kier molecular flexibility index (Phi) is 3.97. The van der Waals surface area contributed by atoms with Gasteiger partial charge in [-0.1, -0.05) is 25.1 Å². The van der Waals surface area contributed by atoms with Crippen molar-refractivity contribution in [3.8, 4) is 5.69 Å². The van der Waals surface area contributed by atoms with Crippen molar-refractivity contribution in [2.45, 2.75) is 25.8 Å². The number of primary amides is 1. The van der Waals surface area contributed by atoms with Crippen molar-refractivity contribution in [1.29, 1.82) is 0 Å². The van der Waals surface area contributed by atoms with Gasteiger partial charge in [0.15, 0.2) is 0 Å². The van der Waals surface area contributed by atoms with Gasteiger partial charge in [-0.25, -0.2) is 4.68 Å². The average Bonchev–Trinajstić information content (AvgIpc) is 2.89. The molecule has 2 aromatic rings. The third kappa shape index (κ3) is 3.00. The molecule has 0 bridgehead atoms. The molecule has 5 heteroatoms. The summed E-state index contributed by atoms with van der Waals surface area (Å²) in [5, 5.41) is 4.18. The lowest BCUT2D eigenvalue weighted by molar-refractivity contribution is 0.0995. The van der Waals surface area contributed by atoms with Crippen LogP contribution in [0.2, 0.25) is 0 Å². The summed E-state index contributed by atoms with van der Waals surface area (Å²) in [4.78, 5) is 11.1. The van der Waals surface area contributed by atoms with Crippen LogP contribution in [0.3, 0.4) is 0 Å². The normalized spacial score (nSPS) is 12.3. The van der Waals surface area contributed by atoms with E-state index in [1.54, 1.807) is 16.9 Å². The van der Waals surface area contributed by atoms with E-state index in [1.807, 2.05) is 24.3 Å². The third-order valence-electron chi connectivity index (χ3n) is 3.09. The average molecular weight is 258 g/mol. The van der Waals surface area contributed by atoms with Crippen LogP contribution in [0, 0.1) is 0 Å². The summed E-state index contributed by atoms with van der Waals surface area (Å²) < 4.78 is 1.66. The maximum Gasteiger partial charge on any atom is 0.269 e. The number of nitrogens with two attached hydrogens (primary N) is 2. The van der Waals surface area contributed by atoms with Crippen molar-refractivity contribution >= 4 is 5.91 Å². The fourth-order valence-electron chi connectivity index (χ4n) is 1.92. The Balaban J connectivity index is 2.35. The van der Waals surface area contributed by atoms with Crippen LogP contribution in [0.15, 0.2) is 36.5 Å². The van der Waals surface area contributed by atoms with E-state index < -0.39 is 5.91 Å². The molecule has 1 aromatic carbocycles. The summed E-state index contributed by atoms with van der Waals surface area (Å²) in [5.41, 5.74) is 13.5. The van der Waals surface area contributed by atoms with Crippen LogP contribution >= 0.6 is 0 Å². The van der Waals surface area contributed by atoms with E-state index in [0.717, 1.165) is 24.1 Å². The molecule has 2 rings (SSSR count). The SMILES string of the molecule is CCC(N)Cc1ccccc1-n1ccc(C(N)=O)n1. The van der Waals surface area contributed by atoms with Gasteiger partial charge in [-0.3, -0.25) is 4.79 Å². The Labute approximate surface area is 112 Å². The highest BCUT2D eigenvalue weighted by molar-refractivity contribution is 5.90. The molecule has 100 valence electrons. The number of para-hydroxylation sites is 1. The summed E-state index contributed by atoms with van der Waals surface area (Å²) in [6.07, 6.45) is 3.43. The molecule has 0 aliphatic rings. The zero-order chi connectivity index (χ0) is 13.8. The zero-order valence-corrected chi connectivity index (χ0v) is 10.9. The first-order valence-corrected chi connectivity index (χ1v) is 6.31. The Bertz CT molecular complexity index is 576. The molecule has 1 amide bonds. The van der Waals surface area contributed by atoms with Crippen molar-refractivity contribution in [3.05, 3.63) is 47.8 Å². The second-order valence-corrected chi connectivity index (χ2v) is 4.51. The summed E-state index contributed by atoms with van der Waals surface area (Å²) in [5.74, 6) is -0.526.